The van der Waals surface area contributed by atoms with Crippen LogP contribution in [0.15, 0.2) is 36.5 Å². The predicted molar refractivity (Wildman–Crippen MR) is 83.6 cm³/mol. The van der Waals surface area contributed by atoms with Crippen molar-refractivity contribution in [3.63, 3.8) is 0 Å². The van der Waals surface area contributed by atoms with E-state index in [1.165, 1.54) is 43.5 Å². The smallest absolute Gasteiger partial charge is 0.260 e. The Hall–Kier alpha value is -2.13. The summed E-state index contributed by atoms with van der Waals surface area (Å²) in [7, 11) is 0. The van der Waals surface area contributed by atoms with Gasteiger partial charge in [0.15, 0.2) is 5.60 Å². The Kier molecular flexibility index (Phi) is 4.67. The van der Waals surface area contributed by atoms with Crippen molar-refractivity contribution in [1.29, 1.82) is 5.26 Å². The largest absolute Gasteiger partial charge is 0.375 e. The van der Waals surface area contributed by atoms with Crippen LogP contribution >= 0.6 is 23.2 Å². The van der Waals surface area contributed by atoms with Gasteiger partial charge in [0.25, 0.3) is 5.91 Å². The molecule has 0 saturated carbocycles. The second-order valence-electron chi connectivity index (χ2n) is 4.70. The van der Waals surface area contributed by atoms with Gasteiger partial charge in [-0.1, -0.05) is 29.3 Å². The fourth-order valence-corrected chi connectivity index (χ4v) is 2.07. The van der Waals surface area contributed by atoms with Gasteiger partial charge in [-0.15, -0.1) is 0 Å². The van der Waals surface area contributed by atoms with Crippen LogP contribution in [0.25, 0.3) is 0 Å². The average Bonchev–Trinajstić information content (AvgIpc) is 2.48. The van der Waals surface area contributed by atoms with Crippen molar-refractivity contribution >= 4 is 34.8 Å². The summed E-state index contributed by atoms with van der Waals surface area (Å²) >= 11 is 11.6. The van der Waals surface area contributed by atoms with E-state index in [1.54, 1.807) is 0 Å². The van der Waals surface area contributed by atoms with E-state index in [0.29, 0.717) is 16.8 Å². The molecule has 22 heavy (non-hydrogen) atoms. The molecule has 0 aliphatic carbocycles. The summed E-state index contributed by atoms with van der Waals surface area (Å²) < 4.78 is 0. The number of nitrogens with zero attached hydrogens (tertiary/aromatic N) is 2. The number of anilines is 1. The quantitative estimate of drug-likeness (QED) is 0.844. The fourth-order valence-electron chi connectivity index (χ4n) is 1.73. The van der Waals surface area contributed by atoms with Crippen LogP contribution in [-0.4, -0.2) is 16.0 Å². The lowest BCUT2D eigenvalue weighted by molar-refractivity contribution is -0.133. The molecule has 2 aromatic rings. The lowest BCUT2D eigenvalue weighted by atomic mass is 9.96. The van der Waals surface area contributed by atoms with Gasteiger partial charge in [-0.25, -0.2) is 4.98 Å². The van der Waals surface area contributed by atoms with E-state index in [-0.39, 0.29) is 10.2 Å². The van der Waals surface area contributed by atoms with Crippen LogP contribution in [0, 0.1) is 11.3 Å². The van der Waals surface area contributed by atoms with Crippen LogP contribution < -0.4 is 5.32 Å². The van der Waals surface area contributed by atoms with E-state index < -0.39 is 11.5 Å². The molecule has 2 rings (SSSR count). The highest BCUT2D eigenvalue weighted by atomic mass is 35.5. The monoisotopic (exact) mass is 335 g/mol. The standard InChI is InChI=1S/C15H11Cl2N3O2/c1-15(22,10-3-5-13(17)19-8-10)14(21)20-11-4-2-9(7-18)12(16)6-11/h2-6,8,22H,1H3,(H,20,21). The number of nitrogens with one attached hydrogen (secondary N) is 1. The molecule has 7 heteroatoms. The zero-order valence-corrected chi connectivity index (χ0v) is 13.0. The Morgan fingerprint density at radius 3 is 2.64 bits per heavy atom. The maximum atomic E-state index is 12.3. The van der Waals surface area contributed by atoms with Gasteiger partial charge in [0.1, 0.15) is 11.2 Å². The van der Waals surface area contributed by atoms with Crippen LogP contribution in [0.5, 0.6) is 0 Å². The number of hydrogen-bond donors (Lipinski definition) is 2. The first-order valence-electron chi connectivity index (χ1n) is 6.20. The van der Waals surface area contributed by atoms with Crippen LogP contribution in [0.2, 0.25) is 10.2 Å². The number of nitriles is 1. The minimum atomic E-state index is -1.79. The van der Waals surface area contributed by atoms with E-state index in [0.717, 1.165) is 0 Å². The fraction of sp³-hybridized carbons (Fsp3) is 0.133. The Morgan fingerprint density at radius 2 is 2.09 bits per heavy atom. The number of carbonyl (C=O) groups excluding carboxylic acids is 1. The van der Waals surface area contributed by atoms with E-state index in [1.807, 2.05) is 6.07 Å². The highest BCUT2D eigenvalue weighted by molar-refractivity contribution is 6.32. The molecule has 1 aromatic heterocycles. The molecule has 0 aliphatic rings. The highest BCUT2D eigenvalue weighted by Gasteiger charge is 2.33. The molecule has 1 atom stereocenters. The second kappa shape index (κ2) is 6.32. The Bertz CT molecular complexity index is 752. The summed E-state index contributed by atoms with van der Waals surface area (Å²) in [4.78, 5) is 16.1. The van der Waals surface area contributed by atoms with Gasteiger partial charge in [0.05, 0.1) is 10.6 Å². The molecule has 1 heterocycles. The van der Waals surface area contributed by atoms with Crippen molar-refractivity contribution in [3.8, 4) is 6.07 Å². The SMILES string of the molecule is CC(O)(C(=O)Nc1ccc(C#N)c(Cl)c1)c1ccc(Cl)nc1. The zero-order chi connectivity index (χ0) is 16.3. The highest BCUT2D eigenvalue weighted by Crippen LogP contribution is 2.25. The van der Waals surface area contributed by atoms with Gasteiger partial charge < -0.3 is 10.4 Å². The normalized spacial score (nSPS) is 13.0. The van der Waals surface area contributed by atoms with Gasteiger partial charge in [-0.2, -0.15) is 5.26 Å². The molecule has 5 nitrogen and oxygen atoms in total. The molecule has 1 unspecified atom stereocenters. The number of aromatic nitrogens is 1. The molecule has 1 aromatic carbocycles. The van der Waals surface area contributed by atoms with Crippen LogP contribution in [-0.2, 0) is 10.4 Å². The summed E-state index contributed by atoms with van der Waals surface area (Å²) in [6, 6.07) is 9.37. The van der Waals surface area contributed by atoms with Crippen molar-refractivity contribution in [2.75, 3.05) is 5.32 Å². The third-order valence-corrected chi connectivity index (χ3v) is 3.62. The molecule has 0 radical (unpaired) electrons. The molecular weight excluding hydrogens is 325 g/mol. The predicted octanol–water partition coefficient (Wildman–Crippen LogP) is 3.11. The summed E-state index contributed by atoms with van der Waals surface area (Å²) in [5, 5.41) is 22.2. The van der Waals surface area contributed by atoms with Crippen LogP contribution in [0.4, 0.5) is 5.69 Å². The topological polar surface area (TPSA) is 86.0 Å². The summed E-state index contributed by atoms with van der Waals surface area (Å²) in [6.07, 6.45) is 1.33. The molecule has 0 saturated heterocycles. The number of carbonyl (C=O) groups is 1. The Morgan fingerprint density at radius 1 is 1.36 bits per heavy atom. The number of rotatable bonds is 3. The maximum absolute atomic E-state index is 12.3. The average molecular weight is 336 g/mol. The summed E-state index contributed by atoms with van der Waals surface area (Å²) in [6.45, 7) is 1.35. The molecule has 0 fully saturated rings. The summed E-state index contributed by atoms with van der Waals surface area (Å²) in [5.74, 6) is -0.655. The number of pyridine rings is 1. The third-order valence-electron chi connectivity index (χ3n) is 3.08. The van der Waals surface area contributed by atoms with Gasteiger partial charge in [-0.3, -0.25) is 4.79 Å². The van der Waals surface area contributed by atoms with Crippen LogP contribution in [0.1, 0.15) is 18.1 Å². The summed E-state index contributed by atoms with van der Waals surface area (Å²) in [5.41, 5.74) is -0.823. The molecule has 112 valence electrons. The first kappa shape index (κ1) is 16.2. The lowest BCUT2D eigenvalue weighted by Crippen LogP contribution is -2.37. The maximum Gasteiger partial charge on any atom is 0.260 e. The van der Waals surface area contributed by atoms with Gasteiger partial charge in [0.2, 0.25) is 0 Å². The molecular formula is C15H11Cl2N3O2. The first-order chi connectivity index (χ1) is 10.3. The third kappa shape index (κ3) is 3.37. The minimum absolute atomic E-state index is 0.216. The molecule has 0 spiro atoms. The number of hydrogen-bond acceptors (Lipinski definition) is 4. The van der Waals surface area contributed by atoms with Crippen molar-refractivity contribution in [2.24, 2.45) is 0 Å². The van der Waals surface area contributed by atoms with Gasteiger partial charge >= 0.3 is 0 Å². The number of halogens is 2. The van der Waals surface area contributed by atoms with Crippen LogP contribution in [0.3, 0.4) is 0 Å². The van der Waals surface area contributed by atoms with Gasteiger partial charge in [0, 0.05) is 17.4 Å². The van der Waals surface area contributed by atoms with E-state index >= 15 is 0 Å². The Labute approximate surface area is 137 Å². The Balaban J connectivity index is 2.22. The van der Waals surface area contributed by atoms with E-state index in [4.69, 9.17) is 28.5 Å². The molecule has 1 amide bonds. The lowest BCUT2D eigenvalue weighted by Gasteiger charge is -2.22. The molecule has 2 N–H and O–H groups in total. The number of amides is 1. The molecule has 0 bridgehead atoms. The van der Waals surface area contributed by atoms with Crippen molar-refractivity contribution in [2.45, 2.75) is 12.5 Å². The van der Waals surface area contributed by atoms with Crippen molar-refractivity contribution in [1.82, 2.24) is 4.98 Å². The van der Waals surface area contributed by atoms with Crippen molar-refractivity contribution in [3.05, 3.63) is 57.8 Å². The number of aliphatic hydroxyl groups is 1. The first-order valence-corrected chi connectivity index (χ1v) is 6.95. The van der Waals surface area contributed by atoms with Crippen molar-refractivity contribution < 1.29 is 9.90 Å². The van der Waals surface area contributed by atoms with Gasteiger partial charge in [-0.05, 0) is 31.2 Å². The second-order valence-corrected chi connectivity index (χ2v) is 5.50. The minimum Gasteiger partial charge on any atom is -0.375 e. The van der Waals surface area contributed by atoms with E-state index in [9.17, 15) is 9.90 Å². The van der Waals surface area contributed by atoms with E-state index in [2.05, 4.69) is 10.3 Å². The number of benzene rings is 1. The molecule has 0 aliphatic heterocycles. The zero-order valence-electron chi connectivity index (χ0n) is 11.5.